The van der Waals surface area contributed by atoms with Gasteiger partial charge in [0.2, 0.25) is 0 Å². The zero-order chi connectivity index (χ0) is 22.7. The zero-order valence-electron chi connectivity index (χ0n) is 19.1. The molecule has 5 rings (SSSR count). The Kier molecular flexibility index (Phi) is 11.3. The van der Waals surface area contributed by atoms with Crippen LogP contribution in [0.4, 0.5) is 0 Å². The molecule has 176 valence electrons. The summed E-state index contributed by atoms with van der Waals surface area (Å²) in [5.74, 6) is 0.772. The van der Waals surface area contributed by atoms with Crippen molar-refractivity contribution in [2.45, 2.75) is 6.92 Å². The fourth-order valence-electron chi connectivity index (χ4n) is 3.08. The molecule has 5 heterocycles. The fourth-order valence-corrected chi connectivity index (χ4v) is 3.08. The molecule has 0 bridgehead atoms. The monoisotopic (exact) mass is 553 g/mol. The summed E-state index contributed by atoms with van der Waals surface area (Å²) in [5.41, 5.74) is 5.02. The molecule has 2 N–H and O–H groups in total. The normalized spacial score (nSPS) is 9.51. The van der Waals surface area contributed by atoms with Gasteiger partial charge < -0.3 is 10.2 Å². The van der Waals surface area contributed by atoms with Gasteiger partial charge in [-0.1, -0.05) is 24.3 Å². The predicted octanol–water partition coefficient (Wildman–Crippen LogP) is 4.92. The first-order valence-electron chi connectivity index (χ1n) is 10.6. The number of hydrogen-bond donors (Lipinski definition) is 0. The molecule has 0 radical (unpaired) electrons. The van der Waals surface area contributed by atoms with Crippen molar-refractivity contribution < 1.29 is 29.7 Å². The van der Waals surface area contributed by atoms with Crippen LogP contribution in [0.3, 0.4) is 0 Å². The van der Waals surface area contributed by atoms with Gasteiger partial charge in [0.1, 0.15) is 5.75 Å². The third-order valence-corrected chi connectivity index (χ3v) is 4.56. The molecule has 0 saturated heterocycles. The molecule has 0 fully saturated rings. The largest absolute Gasteiger partial charge is 2.00 e. The zero-order valence-corrected chi connectivity index (χ0v) is 20.8. The van der Waals surface area contributed by atoms with Crippen LogP contribution in [0.5, 0.6) is 5.75 Å². The van der Waals surface area contributed by atoms with Crippen molar-refractivity contribution in [1.29, 1.82) is 0 Å². The SMILES string of the molecule is CCOc1cc(-c2ccccn2)nc(-c2ccccn2)c1.O.[Ru+2].c1ccc(-c2ccccn2)nc1. The fraction of sp³-hybridized carbons (Fsp3) is 0.0741. The molecular formula is C27H25N5O2Ru+2. The molecule has 8 heteroatoms. The van der Waals surface area contributed by atoms with Crippen LogP contribution in [0.1, 0.15) is 6.92 Å². The third kappa shape index (κ3) is 7.85. The van der Waals surface area contributed by atoms with Gasteiger partial charge in [-0.25, -0.2) is 4.98 Å². The average molecular weight is 553 g/mol. The Labute approximate surface area is 217 Å². The van der Waals surface area contributed by atoms with Crippen molar-refractivity contribution in [3.05, 3.63) is 110 Å². The van der Waals surface area contributed by atoms with Crippen LogP contribution in [0.2, 0.25) is 0 Å². The van der Waals surface area contributed by atoms with Crippen LogP contribution < -0.4 is 4.74 Å². The number of pyridine rings is 5. The molecule has 5 aromatic rings. The van der Waals surface area contributed by atoms with Crippen LogP contribution in [0, 0.1) is 0 Å². The molecule has 5 aromatic heterocycles. The van der Waals surface area contributed by atoms with Gasteiger partial charge in [0, 0.05) is 36.9 Å². The van der Waals surface area contributed by atoms with Crippen LogP contribution in [-0.2, 0) is 19.5 Å². The maximum Gasteiger partial charge on any atom is 2.00 e. The summed E-state index contributed by atoms with van der Waals surface area (Å²) in [5, 5.41) is 0. The van der Waals surface area contributed by atoms with Crippen molar-refractivity contribution in [2.75, 3.05) is 6.61 Å². The van der Waals surface area contributed by atoms with E-state index in [-0.39, 0.29) is 25.0 Å². The van der Waals surface area contributed by atoms with Gasteiger partial charge in [0.05, 0.1) is 40.8 Å². The van der Waals surface area contributed by atoms with E-state index in [9.17, 15) is 0 Å². The van der Waals surface area contributed by atoms with Gasteiger partial charge in [0.25, 0.3) is 0 Å². The Morgan fingerprint density at radius 2 is 0.886 bits per heavy atom. The average Bonchev–Trinajstić information content (AvgIpc) is 2.91. The quantitative estimate of drug-likeness (QED) is 0.287. The number of aromatic nitrogens is 5. The van der Waals surface area contributed by atoms with Gasteiger partial charge in [-0.05, 0) is 55.5 Å². The number of hydrogen-bond acceptors (Lipinski definition) is 6. The second-order valence-corrected chi connectivity index (χ2v) is 6.87. The van der Waals surface area contributed by atoms with Gasteiger partial charge in [-0.15, -0.1) is 0 Å². The Balaban J connectivity index is 0.000000265. The van der Waals surface area contributed by atoms with E-state index in [1.54, 1.807) is 24.8 Å². The summed E-state index contributed by atoms with van der Waals surface area (Å²) in [6.45, 7) is 2.56. The van der Waals surface area contributed by atoms with Gasteiger partial charge in [-0.2, -0.15) is 0 Å². The molecule has 0 aliphatic carbocycles. The first-order chi connectivity index (χ1) is 16.3. The van der Waals surface area contributed by atoms with Gasteiger partial charge >= 0.3 is 19.5 Å². The Morgan fingerprint density at radius 1 is 0.543 bits per heavy atom. The maximum absolute atomic E-state index is 5.63. The van der Waals surface area contributed by atoms with E-state index in [0.29, 0.717) is 6.61 Å². The Bertz CT molecular complexity index is 1170. The van der Waals surface area contributed by atoms with Gasteiger partial charge in [-0.3, -0.25) is 19.9 Å². The molecule has 35 heavy (non-hydrogen) atoms. The van der Waals surface area contributed by atoms with E-state index in [0.717, 1.165) is 39.9 Å². The van der Waals surface area contributed by atoms with Crippen LogP contribution in [-0.4, -0.2) is 37.0 Å². The van der Waals surface area contributed by atoms with E-state index < -0.39 is 0 Å². The molecular weight excluding hydrogens is 527 g/mol. The van der Waals surface area contributed by atoms with E-state index in [1.165, 1.54) is 0 Å². The minimum Gasteiger partial charge on any atom is -0.494 e. The molecule has 0 unspecified atom stereocenters. The Hall–Kier alpha value is -3.87. The smallest absolute Gasteiger partial charge is 0.494 e. The van der Waals surface area contributed by atoms with Crippen LogP contribution >= 0.6 is 0 Å². The first-order valence-corrected chi connectivity index (χ1v) is 10.6. The molecule has 0 atom stereocenters. The molecule has 0 spiro atoms. The van der Waals surface area contributed by atoms with E-state index >= 15 is 0 Å². The molecule has 0 aromatic carbocycles. The van der Waals surface area contributed by atoms with Crippen molar-refractivity contribution in [3.8, 4) is 39.9 Å². The first kappa shape index (κ1) is 27.4. The van der Waals surface area contributed by atoms with Crippen molar-refractivity contribution >= 4 is 0 Å². The summed E-state index contributed by atoms with van der Waals surface area (Å²) in [7, 11) is 0. The number of ether oxygens (including phenoxy) is 1. The Morgan fingerprint density at radius 3 is 1.17 bits per heavy atom. The molecule has 0 saturated carbocycles. The molecule has 0 aliphatic rings. The van der Waals surface area contributed by atoms with Gasteiger partial charge in [0.15, 0.2) is 0 Å². The van der Waals surface area contributed by atoms with E-state index in [2.05, 4.69) is 24.9 Å². The molecule has 0 amide bonds. The van der Waals surface area contributed by atoms with Crippen LogP contribution in [0.25, 0.3) is 34.2 Å². The van der Waals surface area contributed by atoms with Crippen molar-refractivity contribution in [1.82, 2.24) is 24.9 Å². The second-order valence-electron chi connectivity index (χ2n) is 6.87. The minimum atomic E-state index is 0. The summed E-state index contributed by atoms with van der Waals surface area (Å²) in [6, 6.07) is 26.9. The van der Waals surface area contributed by atoms with Crippen molar-refractivity contribution in [2.24, 2.45) is 0 Å². The second kappa shape index (κ2) is 14.4. The minimum absolute atomic E-state index is 0. The summed E-state index contributed by atoms with van der Waals surface area (Å²) < 4.78 is 5.63. The number of nitrogens with zero attached hydrogens (tertiary/aromatic N) is 5. The summed E-state index contributed by atoms with van der Waals surface area (Å²) in [6.07, 6.45) is 7.05. The topological polar surface area (TPSA) is 105 Å². The third-order valence-electron chi connectivity index (χ3n) is 4.56. The van der Waals surface area contributed by atoms with Crippen LogP contribution in [0.15, 0.2) is 110 Å². The van der Waals surface area contributed by atoms with Crippen molar-refractivity contribution in [3.63, 3.8) is 0 Å². The summed E-state index contributed by atoms with van der Waals surface area (Å²) in [4.78, 5) is 21.7. The maximum atomic E-state index is 5.63. The number of rotatable bonds is 5. The summed E-state index contributed by atoms with van der Waals surface area (Å²) >= 11 is 0. The van der Waals surface area contributed by atoms with E-state index in [4.69, 9.17) is 4.74 Å². The predicted molar refractivity (Wildman–Crippen MR) is 133 cm³/mol. The standard InChI is InChI=1S/C17H15N3O.C10H8N2.H2O.Ru/c1-2-21-13-11-16(14-7-3-5-9-18-14)20-17(12-13)15-8-4-6-10-19-15;1-3-7-11-9(5-1)10-6-2-4-8-12-10;;/h3-12H,2H2,1H3;1-8H;1H2;/q;;;+2. The van der Waals surface area contributed by atoms with E-state index in [1.807, 2.05) is 91.9 Å². The molecule has 0 aliphatic heterocycles. The molecule has 7 nitrogen and oxygen atoms in total.